The molecule has 32 heavy (non-hydrogen) atoms. The van der Waals surface area contributed by atoms with Crippen molar-refractivity contribution in [2.75, 3.05) is 5.75 Å². The van der Waals surface area contributed by atoms with E-state index in [0.29, 0.717) is 11.0 Å². The number of amides is 1. The maximum absolute atomic E-state index is 12.3. The van der Waals surface area contributed by atoms with Gasteiger partial charge in [-0.1, -0.05) is 86.1 Å². The number of hydrogen-bond donors (Lipinski definition) is 1. The number of aromatic nitrogens is 3. The van der Waals surface area contributed by atoms with Crippen molar-refractivity contribution < 1.29 is 4.79 Å². The fourth-order valence-electron chi connectivity index (χ4n) is 2.89. The number of carbonyl (C=O) groups excluding carboxylic acids is 1. The lowest BCUT2D eigenvalue weighted by Gasteiger charge is -2.10. The van der Waals surface area contributed by atoms with Gasteiger partial charge < -0.3 is 0 Å². The largest absolute Gasteiger partial charge is 0.272 e. The molecule has 3 aromatic carbocycles. The minimum absolute atomic E-state index is 0.154. The normalized spacial score (nSPS) is 11.1. The molecule has 0 spiro atoms. The minimum Gasteiger partial charge on any atom is -0.272 e. The highest BCUT2D eigenvalue weighted by Crippen LogP contribution is 2.28. The van der Waals surface area contributed by atoms with Crippen LogP contribution in [-0.4, -0.2) is 32.6 Å². The Bertz CT molecular complexity index is 1240. The molecular formula is C23H17Br2N5OS. The van der Waals surface area contributed by atoms with Crippen LogP contribution in [0.5, 0.6) is 0 Å². The molecule has 0 bridgehead atoms. The first-order valence-corrected chi connectivity index (χ1v) is 12.1. The molecule has 0 aliphatic carbocycles. The fraction of sp³-hybridized carbons (Fsp3) is 0.0435. The van der Waals surface area contributed by atoms with Gasteiger partial charge in [-0.15, -0.1) is 10.2 Å². The number of rotatable bonds is 7. The molecule has 1 N–H and O–H groups in total. The van der Waals surface area contributed by atoms with Gasteiger partial charge in [-0.25, -0.2) is 5.43 Å². The summed E-state index contributed by atoms with van der Waals surface area (Å²) in [6, 6.07) is 25.4. The molecule has 4 rings (SSSR count). The Balaban J connectivity index is 1.49. The first-order chi connectivity index (χ1) is 15.6. The topological polar surface area (TPSA) is 72.2 Å². The number of nitrogens with zero attached hydrogens (tertiary/aromatic N) is 4. The first-order valence-electron chi connectivity index (χ1n) is 9.57. The van der Waals surface area contributed by atoms with Crippen LogP contribution >= 0.6 is 43.6 Å². The molecule has 6 nitrogen and oxygen atoms in total. The highest BCUT2D eigenvalue weighted by atomic mass is 79.9. The number of carbonyl (C=O) groups is 1. The van der Waals surface area contributed by atoms with E-state index in [1.807, 2.05) is 83.4 Å². The number of halogens is 2. The Kier molecular flexibility index (Phi) is 7.51. The molecule has 160 valence electrons. The fourth-order valence-corrected chi connectivity index (χ4v) is 4.31. The van der Waals surface area contributed by atoms with Gasteiger partial charge in [-0.05, 0) is 42.0 Å². The maximum atomic E-state index is 12.3. The van der Waals surface area contributed by atoms with E-state index in [4.69, 9.17) is 0 Å². The van der Waals surface area contributed by atoms with Crippen LogP contribution in [0.3, 0.4) is 0 Å². The van der Waals surface area contributed by atoms with Crippen LogP contribution in [0.4, 0.5) is 0 Å². The molecular weight excluding hydrogens is 554 g/mol. The second kappa shape index (κ2) is 10.7. The lowest BCUT2D eigenvalue weighted by Crippen LogP contribution is -2.20. The summed E-state index contributed by atoms with van der Waals surface area (Å²) in [4.78, 5) is 12.3. The zero-order valence-corrected chi connectivity index (χ0v) is 20.6. The molecule has 0 saturated heterocycles. The number of benzene rings is 3. The van der Waals surface area contributed by atoms with E-state index in [0.717, 1.165) is 25.8 Å². The lowest BCUT2D eigenvalue weighted by atomic mass is 10.2. The summed E-state index contributed by atoms with van der Waals surface area (Å²) in [5.41, 5.74) is 5.29. The highest BCUT2D eigenvalue weighted by Gasteiger charge is 2.17. The van der Waals surface area contributed by atoms with Crippen LogP contribution in [0, 0.1) is 0 Å². The Labute approximate surface area is 206 Å². The SMILES string of the molecule is O=C(CSc1nnc(-c2ccc(Br)cc2)n1-c1ccccc1)N/N=C/c1cccc(Br)c1. The summed E-state index contributed by atoms with van der Waals surface area (Å²) in [5.74, 6) is 0.634. The summed E-state index contributed by atoms with van der Waals surface area (Å²) in [6.45, 7) is 0. The van der Waals surface area contributed by atoms with E-state index in [1.165, 1.54) is 11.8 Å². The zero-order chi connectivity index (χ0) is 22.3. The number of hydrazone groups is 1. The number of thioether (sulfide) groups is 1. The molecule has 0 aliphatic rings. The Morgan fingerprint density at radius 1 is 0.969 bits per heavy atom. The van der Waals surface area contributed by atoms with Gasteiger partial charge in [-0.3, -0.25) is 9.36 Å². The zero-order valence-electron chi connectivity index (χ0n) is 16.7. The molecule has 1 amide bonds. The summed E-state index contributed by atoms with van der Waals surface area (Å²) in [5, 5.41) is 13.4. The standard InChI is InChI=1S/C23H17Br2N5OS/c24-18-11-9-17(10-12-18)22-28-29-23(30(22)20-7-2-1-3-8-20)32-15-21(31)27-26-14-16-5-4-6-19(25)13-16/h1-14H,15H2,(H,27,31)/b26-14+. The van der Waals surface area contributed by atoms with Crippen molar-refractivity contribution in [3.05, 3.63) is 93.4 Å². The number of hydrogen-bond acceptors (Lipinski definition) is 5. The predicted octanol–water partition coefficient (Wildman–Crippen LogP) is 5.70. The van der Waals surface area contributed by atoms with Crippen LogP contribution in [0.15, 0.2) is 98.1 Å². The summed E-state index contributed by atoms with van der Waals surface area (Å²) >= 11 is 8.18. The summed E-state index contributed by atoms with van der Waals surface area (Å²) in [7, 11) is 0. The second-order valence-corrected chi connectivity index (χ2v) is 9.39. The van der Waals surface area contributed by atoms with E-state index in [1.54, 1.807) is 6.21 Å². The van der Waals surface area contributed by atoms with Crippen LogP contribution in [0.2, 0.25) is 0 Å². The molecule has 1 aromatic heterocycles. The molecule has 0 fully saturated rings. The second-order valence-electron chi connectivity index (χ2n) is 6.62. The van der Waals surface area contributed by atoms with Crippen molar-refractivity contribution in [2.45, 2.75) is 5.16 Å². The van der Waals surface area contributed by atoms with Crippen LogP contribution in [-0.2, 0) is 4.79 Å². The van der Waals surface area contributed by atoms with Gasteiger partial charge in [0.25, 0.3) is 5.91 Å². The third-order valence-corrected chi connectivity index (χ3v) is 6.28. The third kappa shape index (κ3) is 5.73. The van der Waals surface area contributed by atoms with Crippen molar-refractivity contribution in [1.82, 2.24) is 20.2 Å². The van der Waals surface area contributed by atoms with Crippen molar-refractivity contribution in [3.8, 4) is 17.1 Å². The molecule has 4 aromatic rings. The average molecular weight is 571 g/mol. The summed E-state index contributed by atoms with van der Waals surface area (Å²) < 4.78 is 3.89. The average Bonchev–Trinajstić information content (AvgIpc) is 3.23. The smallest absolute Gasteiger partial charge is 0.250 e. The first kappa shape index (κ1) is 22.4. The molecule has 0 unspecified atom stereocenters. The Hall–Kier alpha value is -2.75. The molecule has 1 heterocycles. The van der Waals surface area contributed by atoms with Crippen molar-refractivity contribution >= 4 is 55.7 Å². The molecule has 0 radical (unpaired) electrons. The van der Waals surface area contributed by atoms with Gasteiger partial charge in [0.15, 0.2) is 11.0 Å². The number of para-hydroxylation sites is 1. The van der Waals surface area contributed by atoms with Crippen molar-refractivity contribution in [1.29, 1.82) is 0 Å². The monoisotopic (exact) mass is 569 g/mol. The maximum Gasteiger partial charge on any atom is 0.250 e. The minimum atomic E-state index is -0.228. The van der Waals surface area contributed by atoms with Gasteiger partial charge in [0, 0.05) is 20.2 Å². The van der Waals surface area contributed by atoms with E-state index in [2.05, 4.69) is 52.6 Å². The Morgan fingerprint density at radius 2 is 1.75 bits per heavy atom. The predicted molar refractivity (Wildman–Crippen MR) is 135 cm³/mol. The van der Waals surface area contributed by atoms with Gasteiger partial charge in [-0.2, -0.15) is 5.10 Å². The lowest BCUT2D eigenvalue weighted by molar-refractivity contribution is -0.118. The van der Waals surface area contributed by atoms with Crippen molar-refractivity contribution in [3.63, 3.8) is 0 Å². The van der Waals surface area contributed by atoms with Crippen LogP contribution in [0.1, 0.15) is 5.56 Å². The van der Waals surface area contributed by atoms with E-state index in [9.17, 15) is 4.79 Å². The van der Waals surface area contributed by atoms with Gasteiger partial charge in [0.2, 0.25) is 0 Å². The molecule has 0 aliphatic heterocycles. The molecule has 9 heteroatoms. The van der Waals surface area contributed by atoms with Gasteiger partial charge >= 0.3 is 0 Å². The third-order valence-electron chi connectivity index (χ3n) is 4.33. The van der Waals surface area contributed by atoms with E-state index >= 15 is 0 Å². The molecule has 0 saturated carbocycles. The van der Waals surface area contributed by atoms with Crippen molar-refractivity contribution in [2.24, 2.45) is 5.10 Å². The molecule has 0 atom stereocenters. The van der Waals surface area contributed by atoms with Crippen LogP contribution < -0.4 is 5.43 Å². The Morgan fingerprint density at radius 3 is 2.50 bits per heavy atom. The quantitative estimate of drug-likeness (QED) is 0.176. The van der Waals surface area contributed by atoms with E-state index in [-0.39, 0.29) is 11.7 Å². The van der Waals surface area contributed by atoms with Gasteiger partial charge in [0.1, 0.15) is 0 Å². The highest BCUT2D eigenvalue weighted by molar-refractivity contribution is 9.10. The van der Waals surface area contributed by atoms with E-state index < -0.39 is 0 Å². The number of nitrogens with one attached hydrogen (secondary N) is 1. The summed E-state index contributed by atoms with van der Waals surface area (Å²) in [6.07, 6.45) is 1.60. The van der Waals surface area contributed by atoms with Crippen LogP contribution in [0.25, 0.3) is 17.1 Å². The van der Waals surface area contributed by atoms with Gasteiger partial charge in [0.05, 0.1) is 12.0 Å².